The molecule has 1 fully saturated rings. The molecule has 1 saturated heterocycles. The summed E-state index contributed by atoms with van der Waals surface area (Å²) < 4.78 is 11.4. The standard InChI is InChI=1S/C17H19N5O2/c1-12-21-15-16(19-11-20-17(15)24-12)22(10-14-6-4-8-23-14)9-13-5-2-3-7-18-13/h2-3,5,7,11,14H,4,6,8-10H2,1H3. The highest BCUT2D eigenvalue weighted by atomic mass is 16.5. The molecule has 24 heavy (non-hydrogen) atoms. The van der Waals surface area contributed by atoms with E-state index in [-0.39, 0.29) is 6.10 Å². The zero-order chi connectivity index (χ0) is 16.4. The van der Waals surface area contributed by atoms with Gasteiger partial charge >= 0.3 is 0 Å². The highest BCUT2D eigenvalue weighted by Crippen LogP contribution is 2.26. The minimum atomic E-state index is 0.201. The molecule has 1 unspecified atom stereocenters. The van der Waals surface area contributed by atoms with Crippen molar-refractivity contribution in [2.75, 3.05) is 18.1 Å². The summed E-state index contributed by atoms with van der Waals surface area (Å²) in [5.74, 6) is 1.35. The second-order valence-electron chi connectivity index (χ2n) is 5.92. The van der Waals surface area contributed by atoms with Gasteiger partial charge in [-0.1, -0.05) is 6.07 Å². The van der Waals surface area contributed by atoms with E-state index in [0.717, 1.165) is 37.5 Å². The van der Waals surface area contributed by atoms with Crippen molar-refractivity contribution in [1.82, 2.24) is 19.9 Å². The second-order valence-corrected chi connectivity index (χ2v) is 5.92. The Balaban J connectivity index is 1.69. The number of oxazole rings is 1. The van der Waals surface area contributed by atoms with Gasteiger partial charge in [-0.05, 0) is 25.0 Å². The molecule has 0 N–H and O–H groups in total. The van der Waals surface area contributed by atoms with E-state index in [1.165, 1.54) is 6.33 Å². The number of nitrogens with zero attached hydrogens (tertiary/aromatic N) is 5. The SMILES string of the molecule is Cc1nc2c(N(Cc3ccccn3)CC3CCCO3)ncnc2o1. The van der Waals surface area contributed by atoms with Crippen molar-refractivity contribution in [3.05, 3.63) is 42.3 Å². The van der Waals surface area contributed by atoms with Gasteiger partial charge in [-0.25, -0.2) is 9.97 Å². The van der Waals surface area contributed by atoms with Gasteiger partial charge in [-0.15, -0.1) is 0 Å². The number of rotatable bonds is 5. The third-order valence-electron chi connectivity index (χ3n) is 4.11. The minimum absolute atomic E-state index is 0.201. The van der Waals surface area contributed by atoms with Crippen LogP contribution in [0.15, 0.2) is 35.1 Å². The maximum absolute atomic E-state index is 5.81. The lowest BCUT2D eigenvalue weighted by atomic mass is 10.2. The van der Waals surface area contributed by atoms with Crippen molar-refractivity contribution in [3.8, 4) is 0 Å². The molecule has 7 nitrogen and oxygen atoms in total. The third-order valence-corrected chi connectivity index (χ3v) is 4.11. The van der Waals surface area contributed by atoms with Gasteiger partial charge < -0.3 is 14.1 Å². The van der Waals surface area contributed by atoms with Crippen LogP contribution >= 0.6 is 0 Å². The summed E-state index contributed by atoms with van der Waals surface area (Å²) >= 11 is 0. The summed E-state index contributed by atoms with van der Waals surface area (Å²) in [4.78, 5) is 19.7. The van der Waals surface area contributed by atoms with Crippen LogP contribution in [0.1, 0.15) is 24.4 Å². The van der Waals surface area contributed by atoms with Gasteiger partial charge in [-0.2, -0.15) is 4.98 Å². The molecular weight excluding hydrogens is 306 g/mol. The Morgan fingerprint density at radius 3 is 3.00 bits per heavy atom. The number of ether oxygens (including phenoxy) is 1. The maximum Gasteiger partial charge on any atom is 0.252 e. The van der Waals surface area contributed by atoms with Crippen LogP contribution in [0, 0.1) is 6.92 Å². The van der Waals surface area contributed by atoms with E-state index in [0.29, 0.717) is 23.7 Å². The van der Waals surface area contributed by atoms with E-state index in [9.17, 15) is 0 Å². The van der Waals surface area contributed by atoms with Gasteiger partial charge in [0, 0.05) is 26.3 Å². The number of hydrogen-bond donors (Lipinski definition) is 0. The molecule has 7 heteroatoms. The summed E-state index contributed by atoms with van der Waals surface area (Å²) in [6.45, 7) is 4.02. The fraction of sp³-hybridized carbons (Fsp3) is 0.412. The predicted octanol–water partition coefficient (Wildman–Crippen LogP) is 2.51. The molecule has 0 saturated carbocycles. The Kier molecular flexibility index (Phi) is 4.08. The minimum Gasteiger partial charge on any atom is -0.422 e. The lowest BCUT2D eigenvalue weighted by molar-refractivity contribution is 0.115. The first-order chi connectivity index (χ1) is 11.8. The first-order valence-corrected chi connectivity index (χ1v) is 8.14. The van der Waals surface area contributed by atoms with E-state index in [1.54, 1.807) is 6.20 Å². The summed E-state index contributed by atoms with van der Waals surface area (Å²) in [5.41, 5.74) is 2.17. The molecule has 4 heterocycles. The molecule has 4 rings (SSSR count). The first-order valence-electron chi connectivity index (χ1n) is 8.14. The van der Waals surface area contributed by atoms with Gasteiger partial charge in [0.1, 0.15) is 6.33 Å². The Labute approximate surface area is 139 Å². The first kappa shape index (κ1) is 15.0. The molecule has 1 aliphatic heterocycles. The predicted molar refractivity (Wildman–Crippen MR) is 88.6 cm³/mol. The van der Waals surface area contributed by atoms with Crippen LogP contribution < -0.4 is 4.90 Å². The van der Waals surface area contributed by atoms with Crippen LogP contribution in [0.5, 0.6) is 0 Å². The molecule has 0 bridgehead atoms. The largest absolute Gasteiger partial charge is 0.422 e. The molecule has 124 valence electrons. The van der Waals surface area contributed by atoms with Gasteiger partial charge in [-0.3, -0.25) is 4.98 Å². The summed E-state index contributed by atoms with van der Waals surface area (Å²) in [6, 6.07) is 5.91. The molecule has 0 radical (unpaired) electrons. The zero-order valence-electron chi connectivity index (χ0n) is 13.6. The highest BCUT2D eigenvalue weighted by Gasteiger charge is 2.23. The average Bonchev–Trinajstić information content (AvgIpc) is 3.23. The monoisotopic (exact) mass is 325 g/mol. The van der Waals surface area contributed by atoms with Crippen LogP contribution in [0.25, 0.3) is 11.2 Å². The number of aryl methyl sites for hydroxylation is 1. The average molecular weight is 325 g/mol. The molecule has 0 aromatic carbocycles. The fourth-order valence-corrected chi connectivity index (χ4v) is 3.03. The van der Waals surface area contributed by atoms with Crippen LogP contribution in [0.4, 0.5) is 5.82 Å². The van der Waals surface area contributed by atoms with Crippen molar-refractivity contribution >= 4 is 17.0 Å². The van der Waals surface area contributed by atoms with E-state index in [1.807, 2.05) is 25.1 Å². The molecule has 0 spiro atoms. The third kappa shape index (κ3) is 3.07. The van der Waals surface area contributed by atoms with E-state index in [2.05, 4.69) is 24.8 Å². The Morgan fingerprint density at radius 2 is 2.21 bits per heavy atom. The van der Waals surface area contributed by atoms with Crippen molar-refractivity contribution in [1.29, 1.82) is 0 Å². The summed E-state index contributed by atoms with van der Waals surface area (Å²) in [6.07, 6.45) is 5.68. The number of aromatic nitrogens is 4. The lowest BCUT2D eigenvalue weighted by Gasteiger charge is -2.26. The van der Waals surface area contributed by atoms with Crippen LogP contribution in [-0.2, 0) is 11.3 Å². The molecule has 3 aromatic rings. The van der Waals surface area contributed by atoms with E-state index < -0.39 is 0 Å². The molecule has 0 amide bonds. The molecular formula is C17H19N5O2. The van der Waals surface area contributed by atoms with E-state index >= 15 is 0 Å². The normalized spacial score (nSPS) is 17.5. The fourth-order valence-electron chi connectivity index (χ4n) is 3.03. The number of hydrogen-bond acceptors (Lipinski definition) is 7. The van der Waals surface area contributed by atoms with Gasteiger partial charge in [0.05, 0.1) is 18.3 Å². The van der Waals surface area contributed by atoms with Crippen LogP contribution in [0.2, 0.25) is 0 Å². The molecule has 3 aromatic heterocycles. The van der Waals surface area contributed by atoms with Crippen molar-refractivity contribution < 1.29 is 9.15 Å². The second kappa shape index (κ2) is 6.52. The smallest absolute Gasteiger partial charge is 0.252 e. The van der Waals surface area contributed by atoms with Crippen molar-refractivity contribution in [3.63, 3.8) is 0 Å². The van der Waals surface area contributed by atoms with Gasteiger partial charge in [0.15, 0.2) is 17.2 Å². The lowest BCUT2D eigenvalue weighted by Crippen LogP contribution is -2.33. The zero-order valence-corrected chi connectivity index (χ0v) is 13.6. The number of fused-ring (bicyclic) bond motifs is 1. The van der Waals surface area contributed by atoms with Crippen molar-refractivity contribution in [2.24, 2.45) is 0 Å². The molecule has 1 aliphatic rings. The van der Waals surface area contributed by atoms with Crippen LogP contribution in [0.3, 0.4) is 0 Å². The van der Waals surface area contributed by atoms with E-state index in [4.69, 9.17) is 9.15 Å². The van der Waals surface area contributed by atoms with Crippen molar-refractivity contribution in [2.45, 2.75) is 32.4 Å². The summed E-state index contributed by atoms with van der Waals surface area (Å²) in [7, 11) is 0. The quantitative estimate of drug-likeness (QED) is 0.713. The topological polar surface area (TPSA) is 77.2 Å². The highest BCUT2D eigenvalue weighted by molar-refractivity contribution is 5.81. The van der Waals surface area contributed by atoms with Gasteiger partial charge in [0.25, 0.3) is 5.71 Å². The number of anilines is 1. The number of pyridine rings is 1. The maximum atomic E-state index is 5.81. The van der Waals surface area contributed by atoms with Crippen LogP contribution in [-0.4, -0.2) is 39.2 Å². The Morgan fingerprint density at radius 1 is 1.25 bits per heavy atom. The summed E-state index contributed by atoms with van der Waals surface area (Å²) in [5, 5.41) is 0. The van der Waals surface area contributed by atoms with Gasteiger partial charge in [0.2, 0.25) is 0 Å². The Bertz CT molecular complexity index is 814. The Hall–Kier alpha value is -2.54. The molecule has 0 aliphatic carbocycles. The molecule has 1 atom stereocenters.